The maximum Gasteiger partial charge on any atom is 0.410 e. The summed E-state index contributed by atoms with van der Waals surface area (Å²) in [6.07, 6.45) is 5.74. The molecule has 44 heavy (non-hydrogen) atoms. The lowest BCUT2D eigenvalue weighted by Gasteiger charge is -2.33. The number of amides is 1. The number of carbonyl (C=O) groups excluding carboxylic acids is 1. The van der Waals surface area contributed by atoms with E-state index in [-0.39, 0.29) is 30.0 Å². The summed E-state index contributed by atoms with van der Waals surface area (Å²) in [5.41, 5.74) is 2.70. The summed E-state index contributed by atoms with van der Waals surface area (Å²) in [7, 11) is -3.83. The molecule has 5 rings (SSSR count). The van der Waals surface area contributed by atoms with Crippen LogP contribution in [0, 0.1) is 0 Å². The minimum Gasteiger partial charge on any atom is -0.488 e. The largest absolute Gasteiger partial charge is 0.488 e. The van der Waals surface area contributed by atoms with Gasteiger partial charge >= 0.3 is 6.09 Å². The second-order valence-electron chi connectivity index (χ2n) is 11.5. The number of hydrogen-bond acceptors (Lipinski definition) is 9. The Hall–Kier alpha value is -4.55. The number of rotatable bonds is 9. The van der Waals surface area contributed by atoms with Gasteiger partial charge in [0.25, 0.3) is 10.0 Å². The number of anilines is 1. The number of nitrogens with one attached hydrogen (secondary N) is 1. The molecule has 1 aliphatic heterocycles. The van der Waals surface area contributed by atoms with Gasteiger partial charge in [-0.25, -0.2) is 27.9 Å². The van der Waals surface area contributed by atoms with Crippen LogP contribution < -0.4 is 9.46 Å². The van der Waals surface area contributed by atoms with Crippen molar-refractivity contribution in [3.8, 4) is 16.9 Å². The van der Waals surface area contributed by atoms with Gasteiger partial charge in [-0.05, 0) is 86.7 Å². The van der Waals surface area contributed by atoms with Crippen LogP contribution in [0.3, 0.4) is 0 Å². The second-order valence-corrected chi connectivity index (χ2v) is 13.2. The predicted molar refractivity (Wildman–Crippen MR) is 164 cm³/mol. The normalized spacial score (nSPS) is 15.4. The van der Waals surface area contributed by atoms with Crippen molar-refractivity contribution in [3.05, 3.63) is 96.6 Å². The standard InChI is InChI=1S/C32H35N5O6S/c1-32(2,3)43-31(39)37(21-28(38)25-6-4-15-33-19-25)20-26-11-7-24-18-23(10-14-29(24)42-26)22-8-12-27(13-9-22)44(40,41)36-30-34-16-5-17-35-30/h4-6,8-10,12-19,26,28,38H,7,11,20-21H2,1-3H3,(H,34,35,36)/t26-,28+/m1/s1. The number of aliphatic hydroxyl groups is 1. The van der Waals surface area contributed by atoms with Crippen molar-refractivity contribution in [2.45, 2.75) is 56.3 Å². The molecule has 1 aliphatic rings. The van der Waals surface area contributed by atoms with Crippen LogP contribution in [-0.2, 0) is 21.2 Å². The molecule has 0 fully saturated rings. The Labute approximate surface area is 257 Å². The van der Waals surface area contributed by atoms with Crippen LogP contribution in [-0.4, -0.2) is 64.3 Å². The van der Waals surface area contributed by atoms with Crippen molar-refractivity contribution in [3.63, 3.8) is 0 Å². The first-order valence-corrected chi connectivity index (χ1v) is 15.7. The van der Waals surface area contributed by atoms with Crippen molar-refractivity contribution >= 4 is 22.1 Å². The van der Waals surface area contributed by atoms with Crippen molar-refractivity contribution < 1.29 is 27.8 Å². The van der Waals surface area contributed by atoms with Gasteiger partial charge in [0, 0.05) is 30.4 Å². The van der Waals surface area contributed by atoms with E-state index in [1.54, 1.807) is 63.5 Å². The van der Waals surface area contributed by atoms with Gasteiger partial charge in [-0.15, -0.1) is 0 Å². The highest BCUT2D eigenvalue weighted by atomic mass is 32.2. The Bertz CT molecular complexity index is 1680. The quantitative estimate of drug-likeness (QED) is 0.265. The first-order chi connectivity index (χ1) is 21.0. The molecule has 0 radical (unpaired) electrons. The molecule has 0 saturated heterocycles. The molecule has 0 aliphatic carbocycles. The molecular weight excluding hydrogens is 582 g/mol. The Morgan fingerprint density at radius 2 is 1.80 bits per heavy atom. The van der Waals surface area contributed by atoms with E-state index < -0.39 is 27.8 Å². The number of aromatic nitrogens is 3. The topological polar surface area (TPSA) is 144 Å². The molecule has 4 aromatic rings. The fourth-order valence-corrected chi connectivity index (χ4v) is 5.75. The maximum absolute atomic E-state index is 13.1. The third kappa shape index (κ3) is 7.88. The first kappa shape index (κ1) is 30.9. The van der Waals surface area contributed by atoms with Crippen LogP contribution in [0.15, 0.2) is 90.3 Å². The van der Waals surface area contributed by atoms with Crippen molar-refractivity contribution in [1.82, 2.24) is 19.9 Å². The number of ether oxygens (including phenoxy) is 2. The van der Waals surface area contributed by atoms with Crippen LogP contribution in [0.1, 0.15) is 44.4 Å². The molecule has 0 spiro atoms. The Morgan fingerprint density at radius 1 is 1.07 bits per heavy atom. The summed E-state index contributed by atoms with van der Waals surface area (Å²) < 4.78 is 39.8. The second kappa shape index (κ2) is 13.0. The van der Waals surface area contributed by atoms with E-state index in [9.17, 15) is 18.3 Å². The lowest BCUT2D eigenvalue weighted by molar-refractivity contribution is 0.00365. The Balaban J connectivity index is 1.26. The van der Waals surface area contributed by atoms with Gasteiger partial charge in [0.05, 0.1) is 24.1 Å². The zero-order valence-electron chi connectivity index (χ0n) is 24.8. The molecule has 0 saturated carbocycles. The summed E-state index contributed by atoms with van der Waals surface area (Å²) in [5.74, 6) is 0.719. The minimum absolute atomic E-state index is 0.00320. The van der Waals surface area contributed by atoms with Crippen molar-refractivity contribution in [1.29, 1.82) is 0 Å². The first-order valence-electron chi connectivity index (χ1n) is 14.2. The average Bonchev–Trinajstić information content (AvgIpc) is 3.00. The SMILES string of the molecule is CC(C)(C)OC(=O)N(C[C@H]1CCc2cc(-c3ccc(S(=O)(=O)Nc4ncccn4)cc3)ccc2O1)C[C@H](O)c1cccnc1. The zero-order valence-corrected chi connectivity index (χ0v) is 25.6. The molecule has 2 aromatic heterocycles. The highest BCUT2D eigenvalue weighted by Gasteiger charge is 2.30. The van der Waals surface area contributed by atoms with E-state index in [0.717, 1.165) is 16.7 Å². The summed E-state index contributed by atoms with van der Waals surface area (Å²) in [6, 6.07) is 17.5. The summed E-state index contributed by atoms with van der Waals surface area (Å²) >= 11 is 0. The predicted octanol–water partition coefficient (Wildman–Crippen LogP) is 5.00. The summed E-state index contributed by atoms with van der Waals surface area (Å²) in [6.45, 7) is 5.68. The van der Waals surface area contributed by atoms with Gasteiger partial charge in [0.15, 0.2) is 0 Å². The number of nitrogens with zero attached hydrogens (tertiary/aromatic N) is 4. The lowest BCUT2D eigenvalue weighted by Crippen LogP contribution is -2.45. The van der Waals surface area contributed by atoms with Gasteiger partial charge in [0.1, 0.15) is 17.5 Å². The lowest BCUT2D eigenvalue weighted by atomic mass is 9.97. The smallest absolute Gasteiger partial charge is 0.410 e. The van der Waals surface area contributed by atoms with Gasteiger partial charge in [0.2, 0.25) is 5.95 Å². The molecule has 0 bridgehead atoms. The number of sulfonamides is 1. The number of hydrogen-bond donors (Lipinski definition) is 2. The fourth-order valence-electron chi connectivity index (χ4n) is 4.79. The number of aryl methyl sites for hydroxylation is 1. The molecule has 230 valence electrons. The third-order valence-corrected chi connectivity index (χ3v) is 8.26. The van der Waals surface area contributed by atoms with E-state index in [4.69, 9.17) is 9.47 Å². The Kier molecular flexibility index (Phi) is 9.12. The number of fused-ring (bicyclic) bond motifs is 1. The van der Waals surface area contributed by atoms with Gasteiger partial charge in [-0.1, -0.05) is 24.3 Å². The number of aliphatic hydroxyl groups excluding tert-OH is 1. The molecule has 11 nitrogen and oxygen atoms in total. The molecular formula is C32H35N5O6S. The van der Waals surface area contributed by atoms with E-state index in [2.05, 4.69) is 19.7 Å². The highest BCUT2D eigenvalue weighted by molar-refractivity contribution is 7.92. The summed E-state index contributed by atoms with van der Waals surface area (Å²) in [4.78, 5) is 26.6. The molecule has 1 amide bonds. The zero-order chi connectivity index (χ0) is 31.3. The fraction of sp³-hybridized carbons (Fsp3) is 0.312. The molecule has 12 heteroatoms. The van der Waals surface area contributed by atoms with Crippen molar-refractivity contribution in [2.75, 3.05) is 17.8 Å². The molecule has 3 heterocycles. The van der Waals surface area contributed by atoms with Crippen molar-refractivity contribution in [2.24, 2.45) is 0 Å². The molecule has 0 unspecified atom stereocenters. The Morgan fingerprint density at radius 3 is 2.48 bits per heavy atom. The van der Waals surface area contributed by atoms with Gasteiger partial charge in [-0.3, -0.25) is 4.98 Å². The van der Waals surface area contributed by atoms with Gasteiger partial charge in [-0.2, -0.15) is 0 Å². The number of benzene rings is 2. The number of carbonyl (C=O) groups is 1. The van der Waals surface area contributed by atoms with Gasteiger partial charge < -0.3 is 19.5 Å². The molecule has 2 atom stereocenters. The number of pyridine rings is 1. The van der Waals surface area contributed by atoms with Crippen LogP contribution in [0.4, 0.5) is 10.7 Å². The third-order valence-electron chi connectivity index (χ3n) is 6.92. The van der Waals surface area contributed by atoms with Crippen LogP contribution in [0.5, 0.6) is 5.75 Å². The summed E-state index contributed by atoms with van der Waals surface area (Å²) in [5, 5.41) is 10.8. The maximum atomic E-state index is 13.1. The highest BCUT2D eigenvalue weighted by Crippen LogP contribution is 2.33. The molecule has 2 N–H and O–H groups in total. The minimum atomic E-state index is -3.83. The van der Waals surface area contributed by atoms with Crippen LogP contribution >= 0.6 is 0 Å². The monoisotopic (exact) mass is 617 g/mol. The van der Waals surface area contributed by atoms with E-state index in [1.165, 1.54) is 29.4 Å². The van der Waals surface area contributed by atoms with Crippen LogP contribution in [0.25, 0.3) is 11.1 Å². The van der Waals surface area contributed by atoms with E-state index in [1.807, 2.05) is 18.2 Å². The van der Waals surface area contributed by atoms with E-state index in [0.29, 0.717) is 24.2 Å². The van der Waals surface area contributed by atoms with E-state index >= 15 is 0 Å². The van der Waals surface area contributed by atoms with Crippen LogP contribution in [0.2, 0.25) is 0 Å². The average molecular weight is 618 g/mol. The molecule has 2 aromatic carbocycles.